The molecule has 1 N–H and O–H groups in total. The molecule has 0 radical (unpaired) electrons. The van der Waals surface area contributed by atoms with Crippen molar-refractivity contribution in [1.29, 1.82) is 0 Å². The number of hydrogen-bond donors (Lipinski definition) is 1. The fourth-order valence-corrected chi connectivity index (χ4v) is 3.45. The monoisotopic (exact) mass is 153 g/mol. The van der Waals surface area contributed by atoms with Crippen molar-refractivity contribution in [2.45, 2.75) is 32.7 Å². The summed E-state index contributed by atoms with van der Waals surface area (Å²) >= 11 is 0. The van der Waals surface area contributed by atoms with E-state index in [-0.39, 0.29) is 0 Å². The second kappa shape index (κ2) is 2.48. The first-order valence-electron chi connectivity index (χ1n) is 4.93. The largest absolute Gasteiger partial charge is 0.316 e. The summed E-state index contributed by atoms with van der Waals surface area (Å²) in [5, 5.41) is 3.46. The zero-order valence-corrected chi connectivity index (χ0v) is 7.80. The molecular weight excluding hydrogens is 134 g/mol. The molecule has 5 atom stereocenters. The van der Waals surface area contributed by atoms with Crippen molar-refractivity contribution in [2.75, 3.05) is 7.05 Å². The third kappa shape index (κ3) is 0.868. The Kier molecular flexibility index (Phi) is 1.71. The van der Waals surface area contributed by atoms with Crippen LogP contribution >= 0.6 is 0 Å². The summed E-state index contributed by atoms with van der Waals surface area (Å²) in [6.45, 7) is 4.85. The molecule has 0 aliphatic heterocycles. The minimum atomic E-state index is 0.855. The second-order valence-electron chi connectivity index (χ2n) is 4.47. The van der Waals surface area contributed by atoms with Gasteiger partial charge in [-0.3, -0.25) is 0 Å². The van der Waals surface area contributed by atoms with Gasteiger partial charge in [0.1, 0.15) is 0 Å². The summed E-state index contributed by atoms with van der Waals surface area (Å²) in [7, 11) is 2.12. The van der Waals surface area contributed by atoms with E-state index >= 15 is 0 Å². The van der Waals surface area contributed by atoms with E-state index in [4.69, 9.17) is 0 Å². The van der Waals surface area contributed by atoms with E-state index in [0.717, 1.165) is 29.7 Å². The molecule has 0 amide bonds. The Morgan fingerprint density at radius 1 is 1.18 bits per heavy atom. The van der Waals surface area contributed by atoms with Crippen molar-refractivity contribution in [1.82, 2.24) is 5.32 Å². The fraction of sp³-hybridized carbons (Fsp3) is 1.00. The summed E-state index contributed by atoms with van der Waals surface area (Å²) in [4.78, 5) is 0. The first-order valence-corrected chi connectivity index (χ1v) is 4.93. The van der Waals surface area contributed by atoms with Gasteiger partial charge in [-0.05, 0) is 37.1 Å². The first-order chi connectivity index (χ1) is 5.25. The molecule has 3 fully saturated rings. The van der Waals surface area contributed by atoms with E-state index in [2.05, 4.69) is 26.2 Å². The molecule has 64 valence electrons. The number of hydrogen-bond acceptors (Lipinski definition) is 1. The van der Waals surface area contributed by atoms with E-state index in [0.29, 0.717) is 0 Å². The van der Waals surface area contributed by atoms with E-state index in [1.165, 1.54) is 12.8 Å². The summed E-state index contributed by atoms with van der Waals surface area (Å²) in [5.41, 5.74) is 0. The molecule has 3 saturated carbocycles. The maximum atomic E-state index is 3.46. The van der Waals surface area contributed by atoms with Crippen LogP contribution in [0.5, 0.6) is 0 Å². The molecule has 1 heteroatoms. The molecular formula is C10H19N. The topological polar surface area (TPSA) is 12.0 Å². The zero-order valence-electron chi connectivity index (χ0n) is 7.80. The lowest BCUT2D eigenvalue weighted by atomic mass is 9.51. The SMILES string of the molecule is CNC1C2CC[C@@H](C)C1C2C. The van der Waals surface area contributed by atoms with Crippen LogP contribution in [0.25, 0.3) is 0 Å². The quantitative estimate of drug-likeness (QED) is 0.606. The third-order valence-corrected chi connectivity index (χ3v) is 4.10. The number of nitrogens with one attached hydrogen (secondary N) is 1. The predicted octanol–water partition coefficient (Wildman–Crippen LogP) is 1.89. The molecule has 0 heterocycles. The smallest absolute Gasteiger partial charge is 0.0128 e. The molecule has 1 nitrogen and oxygen atoms in total. The lowest BCUT2D eigenvalue weighted by Gasteiger charge is -2.58. The third-order valence-electron chi connectivity index (χ3n) is 4.10. The van der Waals surface area contributed by atoms with E-state index < -0.39 is 0 Å². The van der Waals surface area contributed by atoms with Crippen molar-refractivity contribution in [3.8, 4) is 0 Å². The molecule has 3 aliphatic carbocycles. The van der Waals surface area contributed by atoms with Gasteiger partial charge in [-0.2, -0.15) is 0 Å². The van der Waals surface area contributed by atoms with Crippen LogP contribution in [0.15, 0.2) is 0 Å². The normalized spacial score (nSPS) is 55.4. The molecule has 0 aromatic carbocycles. The fourth-order valence-electron chi connectivity index (χ4n) is 3.45. The molecule has 3 rings (SSSR count). The summed E-state index contributed by atoms with van der Waals surface area (Å²) < 4.78 is 0. The highest BCUT2D eigenvalue weighted by Crippen LogP contribution is 2.52. The average Bonchev–Trinajstić information content (AvgIpc) is 2.00. The van der Waals surface area contributed by atoms with Crippen LogP contribution < -0.4 is 5.32 Å². The minimum Gasteiger partial charge on any atom is -0.316 e. The highest BCUT2D eigenvalue weighted by molar-refractivity contribution is 5.04. The van der Waals surface area contributed by atoms with Gasteiger partial charge in [-0.25, -0.2) is 0 Å². The van der Waals surface area contributed by atoms with Crippen molar-refractivity contribution in [3.63, 3.8) is 0 Å². The number of rotatable bonds is 1. The lowest BCUT2D eigenvalue weighted by Crippen LogP contribution is -2.61. The minimum absolute atomic E-state index is 0.855. The van der Waals surface area contributed by atoms with Crippen molar-refractivity contribution < 1.29 is 0 Å². The Bertz CT molecular complexity index is 151. The van der Waals surface area contributed by atoms with Gasteiger partial charge in [-0.1, -0.05) is 20.3 Å². The van der Waals surface area contributed by atoms with Gasteiger partial charge in [-0.15, -0.1) is 0 Å². The van der Waals surface area contributed by atoms with Crippen molar-refractivity contribution >= 4 is 0 Å². The average molecular weight is 153 g/mol. The van der Waals surface area contributed by atoms with Crippen LogP contribution in [0.4, 0.5) is 0 Å². The van der Waals surface area contributed by atoms with E-state index in [9.17, 15) is 0 Å². The molecule has 0 aromatic rings. The maximum Gasteiger partial charge on any atom is 0.0128 e. The van der Waals surface area contributed by atoms with Gasteiger partial charge in [0, 0.05) is 6.04 Å². The first kappa shape index (κ1) is 7.60. The molecule has 0 spiro atoms. The van der Waals surface area contributed by atoms with Gasteiger partial charge >= 0.3 is 0 Å². The van der Waals surface area contributed by atoms with Crippen LogP contribution in [0.2, 0.25) is 0 Å². The van der Waals surface area contributed by atoms with Crippen LogP contribution in [0.3, 0.4) is 0 Å². The van der Waals surface area contributed by atoms with Crippen molar-refractivity contribution in [3.05, 3.63) is 0 Å². The Morgan fingerprint density at radius 3 is 2.27 bits per heavy atom. The number of fused-ring (bicyclic) bond motifs is 2. The van der Waals surface area contributed by atoms with Crippen LogP contribution in [-0.2, 0) is 0 Å². The molecule has 11 heavy (non-hydrogen) atoms. The molecule has 0 aromatic heterocycles. The predicted molar refractivity (Wildman–Crippen MR) is 47.4 cm³/mol. The van der Waals surface area contributed by atoms with Gasteiger partial charge in [0.15, 0.2) is 0 Å². The van der Waals surface area contributed by atoms with Crippen LogP contribution in [-0.4, -0.2) is 13.1 Å². The summed E-state index contributed by atoms with van der Waals surface area (Å²) in [6.07, 6.45) is 2.93. The van der Waals surface area contributed by atoms with Gasteiger partial charge in [0.25, 0.3) is 0 Å². The Morgan fingerprint density at radius 2 is 1.91 bits per heavy atom. The maximum absolute atomic E-state index is 3.46. The van der Waals surface area contributed by atoms with Crippen LogP contribution in [0, 0.1) is 23.7 Å². The van der Waals surface area contributed by atoms with E-state index in [1.807, 2.05) is 0 Å². The van der Waals surface area contributed by atoms with Gasteiger partial charge in [0.2, 0.25) is 0 Å². The summed E-state index contributed by atoms with van der Waals surface area (Å²) in [5.74, 6) is 3.95. The highest BCUT2D eigenvalue weighted by Gasteiger charge is 2.51. The Labute approximate surface area is 69.6 Å². The van der Waals surface area contributed by atoms with E-state index in [1.54, 1.807) is 0 Å². The molecule has 3 aliphatic rings. The van der Waals surface area contributed by atoms with Crippen LogP contribution in [0.1, 0.15) is 26.7 Å². The van der Waals surface area contributed by atoms with Gasteiger partial charge in [0.05, 0.1) is 0 Å². The highest BCUT2D eigenvalue weighted by atomic mass is 14.9. The Hall–Kier alpha value is -0.0400. The second-order valence-corrected chi connectivity index (χ2v) is 4.47. The summed E-state index contributed by atoms with van der Waals surface area (Å²) in [6, 6.07) is 0.855. The van der Waals surface area contributed by atoms with Gasteiger partial charge < -0.3 is 5.32 Å². The van der Waals surface area contributed by atoms with Crippen molar-refractivity contribution in [2.24, 2.45) is 23.7 Å². The zero-order chi connectivity index (χ0) is 8.01. The standard InChI is InChI=1S/C10H19N/c1-6-4-5-8-7(2)9(6)10(8)11-3/h6-11H,4-5H2,1-3H3/t6-,7?,8?,9?,10?/m1/s1. The lowest BCUT2D eigenvalue weighted by molar-refractivity contribution is -0.0582. The molecule has 4 unspecified atom stereocenters. The molecule has 2 bridgehead atoms. The Balaban J connectivity index is 2.08. The molecule has 0 saturated heterocycles.